The minimum Gasteiger partial charge on any atom is -0.486 e. The summed E-state index contributed by atoms with van der Waals surface area (Å²) in [6.45, 7) is -2.79. The number of benzene rings is 4. The smallest absolute Gasteiger partial charge is 0.420 e. The lowest BCUT2D eigenvalue weighted by Crippen LogP contribution is -2.15. The first-order valence-electron chi connectivity index (χ1n) is 12.0. The second-order valence-electron chi connectivity index (χ2n) is 8.81. The highest BCUT2D eigenvalue weighted by Crippen LogP contribution is 2.44. The lowest BCUT2D eigenvalue weighted by Gasteiger charge is -2.18. The molecule has 0 saturated heterocycles. The van der Waals surface area contributed by atoms with Crippen LogP contribution in [-0.2, 0) is 12.4 Å². The molecule has 0 aliphatic heterocycles. The number of hydrogen-bond donors (Lipinski definition) is 0. The summed E-state index contributed by atoms with van der Waals surface area (Å²) in [4.78, 5) is 33.3. The lowest BCUT2D eigenvalue weighted by molar-refractivity contribution is -0.481. The fraction of sp³-hybridized carbons (Fsp3) is 0.222. The Balaban J connectivity index is 1.85. The van der Waals surface area contributed by atoms with Crippen LogP contribution in [0.4, 0.5) is 26.3 Å². The van der Waals surface area contributed by atoms with E-state index in [1.807, 2.05) is 0 Å². The molecule has 220 valence electrons. The summed E-state index contributed by atoms with van der Waals surface area (Å²) in [5.41, 5.74) is -3.04. The van der Waals surface area contributed by atoms with Crippen LogP contribution in [0, 0.1) is 20.2 Å². The van der Waals surface area contributed by atoms with Crippen molar-refractivity contribution in [3.05, 3.63) is 103 Å². The number of nitrogens with zero attached hydrogens (tertiary/aromatic N) is 2. The number of alkyl halides is 6. The molecule has 0 unspecified atom stereocenters. The van der Waals surface area contributed by atoms with Gasteiger partial charge in [-0.15, -0.1) is 0 Å². The number of carbonyl (C=O) groups is 1. The second kappa shape index (κ2) is 11.5. The van der Waals surface area contributed by atoms with Crippen LogP contribution >= 0.6 is 0 Å². The van der Waals surface area contributed by atoms with Gasteiger partial charge in [0.25, 0.3) is 0 Å². The van der Waals surface area contributed by atoms with Gasteiger partial charge in [0.1, 0.15) is 22.6 Å². The topological polar surface area (TPSA) is 122 Å². The fourth-order valence-electron chi connectivity index (χ4n) is 4.50. The molecule has 0 aromatic heterocycles. The summed E-state index contributed by atoms with van der Waals surface area (Å²) < 4.78 is 94.6. The zero-order chi connectivity index (χ0) is 30.8. The zero-order valence-electron chi connectivity index (χ0n) is 21.1. The Bertz CT molecular complexity index is 1580. The van der Waals surface area contributed by atoms with Crippen LogP contribution in [0.3, 0.4) is 0 Å². The molecule has 0 heterocycles. The van der Waals surface area contributed by atoms with Crippen molar-refractivity contribution >= 4 is 27.3 Å². The van der Waals surface area contributed by atoms with E-state index in [1.54, 1.807) is 0 Å². The number of rotatable bonds is 10. The minimum atomic E-state index is -4.99. The van der Waals surface area contributed by atoms with E-state index in [-0.39, 0.29) is 21.9 Å². The first-order valence-corrected chi connectivity index (χ1v) is 12.0. The number of ether oxygens (including phenoxy) is 2. The Morgan fingerprint density at radius 2 is 1.00 bits per heavy atom. The summed E-state index contributed by atoms with van der Waals surface area (Å²) in [5, 5.41) is 19.9. The van der Waals surface area contributed by atoms with Crippen LogP contribution in [0.1, 0.15) is 27.0 Å². The van der Waals surface area contributed by atoms with Crippen molar-refractivity contribution in [1.29, 1.82) is 0 Å². The maximum Gasteiger partial charge on any atom is 0.420 e. The molecule has 15 heteroatoms. The van der Waals surface area contributed by atoms with E-state index in [9.17, 15) is 51.4 Å². The summed E-state index contributed by atoms with van der Waals surface area (Å²) >= 11 is 0. The third-order valence-electron chi connectivity index (χ3n) is 6.17. The molecule has 0 saturated carbocycles. The van der Waals surface area contributed by atoms with E-state index in [0.29, 0.717) is 0 Å². The van der Waals surface area contributed by atoms with Crippen LogP contribution in [0.25, 0.3) is 21.5 Å². The van der Waals surface area contributed by atoms with Crippen molar-refractivity contribution in [2.45, 2.75) is 12.4 Å². The van der Waals surface area contributed by atoms with Gasteiger partial charge in [-0.05, 0) is 45.8 Å². The molecule has 9 nitrogen and oxygen atoms in total. The predicted octanol–water partition coefficient (Wildman–Crippen LogP) is 6.57. The maximum absolute atomic E-state index is 14.1. The van der Waals surface area contributed by atoms with Crippen LogP contribution in [-0.4, -0.2) is 41.9 Å². The third-order valence-corrected chi connectivity index (χ3v) is 6.17. The Morgan fingerprint density at radius 3 is 1.33 bits per heavy atom. The maximum atomic E-state index is 14.1. The van der Waals surface area contributed by atoms with E-state index in [2.05, 4.69) is 0 Å². The highest BCUT2D eigenvalue weighted by molar-refractivity contribution is 6.22. The molecular weight excluding hydrogens is 578 g/mol. The summed E-state index contributed by atoms with van der Waals surface area (Å²) in [5.74, 6) is -2.26. The van der Waals surface area contributed by atoms with Crippen molar-refractivity contribution < 1.29 is 50.5 Å². The zero-order valence-corrected chi connectivity index (χ0v) is 21.1. The minimum absolute atomic E-state index is 0.177. The van der Waals surface area contributed by atoms with Crippen molar-refractivity contribution in [2.24, 2.45) is 0 Å². The average Bonchev–Trinajstić information content (AvgIpc) is 2.89. The molecule has 4 aromatic carbocycles. The van der Waals surface area contributed by atoms with Gasteiger partial charge in [0.05, 0.1) is 0 Å². The van der Waals surface area contributed by atoms with E-state index >= 15 is 0 Å². The van der Waals surface area contributed by atoms with E-state index in [1.165, 1.54) is 24.3 Å². The number of fused-ring (bicyclic) bond motifs is 2. The standard InChI is InChI=1S/C27H18F6N2O7/c28-26(29,30)23-17-3-1-5-19(15(17)7-9-21(23)41-13-11-34(37)38)25(36)20-6-2-4-18-16(20)8-10-22(24(18)27(31,32)33)42-14-12-35(39)40/h1-10H,11-14H2. The van der Waals surface area contributed by atoms with E-state index < -0.39 is 87.7 Å². The Morgan fingerprint density at radius 1 is 0.619 bits per heavy atom. The molecule has 4 aromatic rings. The second-order valence-corrected chi connectivity index (χ2v) is 8.81. The summed E-state index contributed by atoms with van der Waals surface area (Å²) in [7, 11) is 0. The normalized spacial score (nSPS) is 12.0. The van der Waals surface area contributed by atoms with Crippen LogP contribution in [0.5, 0.6) is 11.5 Å². The SMILES string of the molecule is O=C(c1cccc2c(C(F)(F)F)c(OCC[N+](=O)[O-])ccc12)c1cccc2c(C(F)(F)F)c(OCC[N+](=O)[O-])ccc12. The third kappa shape index (κ3) is 6.19. The first-order chi connectivity index (χ1) is 19.7. The molecule has 0 aliphatic rings. The van der Waals surface area contributed by atoms with Gasteiger partial charge in [0, 0.05) is 21.0 Å². The molecule has 4 rings (SSSR count). The van der Waals surface area contributed by atoms with E-state index in [4.69, 9.17) is 9.47 Å². The van der Waals surface area contributed by atoms with Crippen molar-refractivity contribution in [1.82, 2.24) is 0 Å². The van der Waals surface area contributed by atoms with Crippen molar-refractivity contribution in [2.75, 3.05) is 26.3 Å². The van der Waals surface area contributed by atoms with Crippen LogP contribution in [0.15, 0.2) is 60.7 Å². The Labute approximate surface area is 231 Å². The molecule has 0 aliphatic carbocycles. The van der Waals surface area contributed by atoms with Gasteiger partial charge in [0.15, 0.2) is 19.0 Å². The quantitative estimate of drug-likeness (QED) is 0.0878. The van der Waals surface area contributed by atoms with Crippen LogP contribution < -0.4 is 9.47 Å². The molecule has 0 radical (unpaired) electrons. The van der Waals surface area contributed by atoms with Crippen molar-refractivity contribution in [3.8, 4) is 11.5 Å². The number of nitro groups is 2. The molecule has 0 N–H and O–H groups in total. The highest BCUT2D eigenvalue weighted by atomic mass is 19.4. The first kappa shape index (κ1) is 30.0. The lowest BCUT2D eigenvalue weighted by atomic mass is 9.91. The average molecular weight is 596 g/mol. The van der Waals surface area contributed by atoms with Crippen LogP contribution in [0.2, 0.25) is 0 Å². The highest BCUT2D eigenvalue weighted by Gasteiger charge is 2.38. The van der Waals surface area contributed by atoms with Gasteiger partial charge >= 0.3 is 12.4 Å². The molecule has 0 atom stereocenters. The predicted molar refractivity (Wildman–Crippen MR) is 136 cm³/mol. The van der Waals surface area contributed by atoms with E-state index in [0.717, 1.165) is 36.4 Å². The molecule has 0 bridgehead atoms. The molecular formula is C27H18F6N2O7. The molecule has 0 spiro atoms. The Hall–Kier alpha value is -4.95. The number of carbonyl (C=O) groups excluding carboxylic acids is 1. The van der Waals surface area contributed by atoms with Gasteiger partial charge in [-0.1, -0.05) is 36.4 Å². The van der Waals surface area contributed by atoms with Crippen molar-refractivity contribution in [3.63, 3.8) is 0 Å². The molecule has 0 amide bonds. The number of hydrogen-bond acceptors (Lipinski definition) is 7. The monoisotopic (exact) mass is 596 g/mol. The summed E-state index contributed by atoms with van der Waals surface area (Å²) in [6.07, 6.45) is -9.98. The summed E-state index contributed by atoms with van der Waals surface area (Å²) in [6, 6.07) is 11.1. The van der Waals surface area contributed by atoms with Gasteiger partial charge in [-0.3, -0.25) is 25.0 Å². The van der Waals surface area contributed by atoms with Gasteiger partial charge < -0.3 is 9.47 Å². The largest absolute Gasteiger partial charge is 0.486 e. The van der Waals surface area contributed by atoms with Gasteiger partial charge in [0.2, 0.25) is 13.1 Å². The molecule has 0 fully saturated rings. The van der Waals surface area contributed by atoms with Gasteiger partial charge in [-0.2, -0.15) is 26.3 Å². The molecule has 42 heavy (non-hydrogen) atoms. The number of ketones is 1. The number of halogens is 6. The van der Waals surface area contributed by atoms with Gasteiger partial charge in [-0.25, -0.2) is 0 Å². The Kier molecular flexibility index (Phi) is 8.22. The fourth-order valence-corrected chi connectivity index (χ4v) is 4.50.